The summed E-state index contributed by atoms with van der Waals surface area (Å²) in [6.45, 7) is 1.44. The normalized spacial score (nSPS) is 16.5. The Morgan fingerprint density at radius 1 is 1.45 bits per heavy atom. The highest BCUT2D eigenvalue weighted by atomic mass is 35.5. The van der Waals surface area contributed by atoms with Crippen molar-refractivity contribution in [3.8, 4) is 5.75 Å². The molecule has 0 atom stereocenters. The molecule has 1 saturated heterocycles. The number of ether oxygens (including phenoxy) is 2. The number of nitrogens with two attached hydrogens (primary N) is 1. The molecule has 5 nitrogen and oxygen atoms in total. The molecule has 1 aliphatic rings. The molecular weight excluding hydrogens is 311 g/mol. The van der Waals surface area contributed by atoms with Crippen molar-refractivity contribution in [1.29, 1.82) is 0 Å². The van der Waals surface area contributed by atoms with Crippen molar-refractivity contribution in [3.63, 3.8) is 0 Å². The van der Waals surface area contributed by atoms with E-state index < -0.39 is 11.4 Å². The monoisotopic (exact) mass is 332 g/mol. The van der Waals surface area contributed by atoms with E-state index in [1.165, 1.54) is 13.2 Å². The van der Waals surface area contributed by atoms with Gasteiger partial charge in [0, 0.05) is 19.8 Å². The first kappa shape index (κ1) is 18.7. The number of methoxy groups -OCH3 is 1. The highest BCUT2D eigenvalue weighted by Crippen LogP contribution is 2.19. The average molecular weight is 333 g/mol. The van der Waals surface area contributed by atoms with Gasteiger partial charge in [0.25, 0.3) is 0 Å². The summed E-state index contributed by atoms with van der Waals surface area (Å²) in [5.74, 6) is -0.355. The Balaban J connectivity index is 0.00000242. The van der Waals surface area contributed by atoms with Crippen LogP contribution in [-0.2, 0) is 16.0 Å². The van der Waals surface area contributed by atoms with Crippen LogP contribution in [0.5, 0.6) is 5.75 Å². The summed E-state index contributed by atoms with van der Waals surface area (Å²) in [5, 5.41) is 2.82. The van der Waals surface area contributed by atoms with Crippen molar-refractivity contribution in [2.24, 2.45) is 5.73 Å². The molecule has 1 fully saturated rings. The first-order valence-electron chi connectivity index (χ1n) is 7.02. The minimum Gasteiger partial charge on any atom is -0.494 e. The van der Waals surface area contributed by atoms with E-state index in [1.54, 1.807) is 12.1 Å². The molecule has 0 spiro atoms. The minimum atomic E-state index is -0.844. The average Bonchev–Trinajstić information content (AvgIpc) is 2.48. The number of hydrogen-bond acceptors (Lipinski definition) is 4. The Morgan fingerprint density at radius 2 is 2.14 bits per heavy atom. The van der Waals surface area contributed by atoms with Crippen LogP contribution in [-0.4, -0.2) is 38.3 Å². The van der Waals surface area contributed by atoms with E-state index in [0.29, 0.717) is 39.0 Å². The zero-order chi connectivity index (χ0) is 15.3. The molecule has 1 aromatic rings. The predicted molar refractivity (Wildman–Crippen MR) is 83.9 cm³/mol. The lowest BCUT2D eigenvalue weighted by Gasteiger charge is -2.31. The van der Waals surface area contributed by atoms with E-state index in [1.807, 2.05) is 0 Å². The van der Waals surface area contributed by atoms with E-state index in [2.05, 4.69) is 5.32 Å². The third-order valence-corrected chi connectivity index (χ3v) is 3.75. The van der Waals surface area contributed by atoms with Crippen LogP contribution in [0.15, 0.2) is 18.2 Å². The molecule has 1 heterocycles. The van der Waals surface area contributed by atoms with Gasteiger partial charge in [-0.3, -0.25) is 4.79 Å². The van der Waals surface area contributed by atoms with Crippen LogP contribution in [0.3, 0.4) is 0 Å². The highest BCUT2D eigenvalue weighted by Gasteiger charge is 2.35. The number of hydrogen-bond donors (Lipinski definition) is 2. The van der Waals surface area contributed by atoms with Crippen LogP contribution < -0.4 is 15.8 Å². The fourth-order valence-corrected chi connectivity index (χ4v) is 2.32. The summed E-state index contributed by atoms with van der Waals surface area (Å²) in [5.41, 5.74) is 6.03. The summed E-state index contributed by atoms with van der Waals surface area (Å²) in [7, 11) is 1.42. The molecule has 0 bridgehead atoms. The van der Waals surface area contributed by atoms with Crippen molar-refractivity contribution >= 4 is 18.3 Å². The van der Waals surface area contributed by atoms with E-state index in [9.17, 15) is 9.18 Å². The minimum absolute atomic E-state index is 0. The summed E-state index contributed by atoms with van der Waals surface area (Å²) < 4.78 is 23.6. The Hall–Kier alpha value is -1.37. The SMILES string of the molecule is COc1ccc(CCNC(=O)C2(N)CCOCC2)cc1F.Cl. The zero-order valence-electron chi connectivity index (χ0n) is 12.6. The maximum Gasteiger partial charge on any atom is 0.240 e. The number of amides is 1. The van der Waals surface area contributed by atoms with Gasteiger partial charge in [0.15, 0.2) is 11.6 Å². The van der Waals surface area contributed by atoms with E-state index in [0.717, 1.165) is 5.56 Å². The number of carbonyl (C=O) groups excluding carboxylic acids is 1. The molecule has 1 amide bonds. The van der Waals surface area contributed by atoms with Gasteiger partial charge in [0.05, 0.1) is 12.6 Å². The van der Waals surface area contributed by atoms with Crippen LogP contribution in [0.1, 0.15) is 18.4 Å². The Morgan fingerprint density at radius 3 is 2.73 bits per heavy atom. The van der Waals surface area contributed by atoms with Crippen LogP contribution in [0.2, 0.25) is 0 Å². The van der Waals surface area contributed by atoms with Gasteiger partial charge >= 0.3 is 0 Å². The molecule has 124 valence electrons. The number of carbonyl (C=O) groups is 1. The van der Waals surface area contributed by atoms with Crippen molar-refractivity contribution in [3.05, 3.63) is 29.6 Å². The predicted octanol–water partition coefficient (Wildman–Crippen LogP) is 1.42. The second kappa shape index (κ2) is 8.31. The second-order valence-electron chi connectivity index (χ2n) is 5.24. The fraction of sp³-hybridized carbons (Fsp3) is 0.533. The molecule has 3 N–H and O–H groups in total. The lowest BCUT2D eigenvalue weighted by Crippen LogP contribution is -2.57. The van der Waals surface area contributed by atoms with Gasteiger partial charge < -0.3 is 20.5 Å². The van der Waals surface area contributed by atoms with Gasteiger partial charge in [0.2, 0.25) is 5.91 Å². The topological polar surface area (TPSA) is 73.6 Å². The molecule has 0 aliphatic carbocycles. The van der Waals surface area contributed by atoms with Crippen LogP contribution in [0, 0.1) is 5.82 Å². The standard InChI is InChI=1S/C15H21FN2O3.ClH/c1-20-13-3-2-11(10-12(13)16)4-7-18-14(19)15(17)5-8-21-9-6-15;/h2-3,10H,4-9,17H2,1H3,(H,18,19);1H. The Kier molecular flexibility index (Phi) is 7.06. The van der Waals surface area contributed by atoms with Gasteiger partial charge in [0.1, 0.15) is 0 Å². The molecule has 0 aromatic heterocycles. The maximum atomic E-state index is 13.5. The lowest BCUT2D eigenvalue weighted by molar-refractivity contribution is -0.129. The van der Waals surface area contributed by atoms with Crippen LogP contribution >= 0.6 is 12.4 Å². The Bertz CT molecular complexity index is 508. The third-order valence-electron chi connectivity index (χ3n) is 3.75. The number of rotatable bonds is 5. The summed E-state index contributed by atoms with van der Waals surface area (Å²) >= 11 is 0. The fourth-order valence-electron chi connectivity index (χ4n) is 2.32. The van der Waals surface area contributed by atoms with Crippen molar-refractivity contribution < 1.29 is 18.7 Å². The zero-order valence-corrected chi connectivity index (χ0v) is 13.4. The van der Waals surface area contributed by atoms with Gasteiger partial charge in [-0.2, -0.15) is 0 Å². The van der Waals surface area contributed by atoms with Crippen LogP contribution in [0.25, 0.3) is 0 Å². The molecule has 2 rings (SSSR count). The Labute approximate surface area is 135 Å². The van der Waals surface area contributed by atoms with Gasteiger partial charge in [-0.1, -0.05) is 6.07 Å². The third kappa shape index (κ3) is 4.56. The van der Waals surface area contributed by atoms with Crippen molar-refractivity contribution in [1.82, 2.24) is 5.32 Å². The first-order chi connectivity index (χ1) is 10.0. The summed E-state index contributed by atoms with van der Waals surface area (Å²) in [6.07, 6.45) is 1.59. The maximum absolute atomic E-state index is 13.5. The molecule has 7 heteroatoms. The number of benzene rings is 1. The quantitative estimate of drug-likeness (QED) is 0.855. The second-order valence-corrected chi connectivity index (χ2v) is 5.24. The van der Waals surface area contributed by atoms with Gasteiger partial charge in [-0.25, -0.2) is 4.39 Å². The molecule has 22 heavy (non-hydrogen) atoms. The number of halogens is 2. The van der Waals surface area contributed by atoms with Crippen molar-refractivity contribution in [2.75, 3.05) is 26.9 Å². The molecule has 0 saturated carbocycles. The number of nitrogens with one attached hydrogen (secondary N) is 1. The smallest absolute Gasteiger partial charge is 0.240 e. The highest BCUT2D eigenvalue weighted by molar-refractivity contribution is 5.86. The van der Waals surface area contributed by atoms with Gasteiger partial charge in [-0.05, 0) is 37.0 Å². The summed E-state index contributed by atoms with van der Waals surface area (Å²) in [6, 6.07) is 4.77. The van der Waals surface area contributed by atoms with E-state index in [-0.39, 0.29) is 24.1 Å². The van der Waals surface area contributed by atoms with Gasteiger partial charge in [-0.15, -0.1) is 12.4 Å². The molecule has 0 unspecified atom stereocenters. The molecular formula is C15H22ClFN2O3. The molecule has 1 aromatic carbocycles. The summed E-state index contributed by atoms with van der Waals surface area (Å²) in [4.78, 5) is 12.1. The first-order valence-corrected chi connectivity index (χ1v) is 7.02. The van der Waals surface area contributed by atoms with E-state index in [4.69, 9.17) is 15.2 Å². The largest absolute Gasteiger partial charge is 0.494 e. The lowest BCUT2D eigenvalue weighted by atomic mass is 9.90. The van der Waals surface area contributed by atoms with Crippen LogP contribution in [0.4, 0.5) is 4.39 Å². The molecule has 1 aliphatic heterocycles. The van der Waals surface area contributed by atoms with E-state index >= 15 is 0 Å². The molecule has 0 radical (unpaired) electrons. The van der Waals surface area contributed by atoms with Crippen molar-refractivity contribution in [2.45, 2.75) is 24.8 Å².